The Hall–Kier alpha value is -1.89. The van der Waals surface area contributed by atoms with Gasteiger partial charge in [0.05, 0.1) is 18.6 Å². The summed E-state index contributed by atoms with van der Waals surface area (Å²) in [6, 6.07) is 0. The van der Waals surface area contributed by atoms with Crippen molar-refractivity contribution in [3.63, 3.8) is 0 Å². The predicted molar refractivity (Wildman–Crippen MR) is 93.8 cm³/mol. The first kappa shape index (κ1) is 17.9. The molecule has 1 aromatic heterocycles. The Bertz CT molecular complexity index is 696. The highest BCUT2D eigenvalue weighted by Crippen LogP contribution is 2.39. The minimum Gasteiger partial charge on any atom is -0.465 e. The highest BCUT2D eigenvalue weighted by Gasteiger charge is 2.40. The number of nitrogens with one attached hydrogen (secondary N) is 1. The standard InChI is InChI=1S/C18H23NO5S/c1-10-8-12(10)17(21)24-9-14(20)19-16-15(18(22)23-2)11-6-4-3-5-7-13(11)25-16/h10,12H,3-9H2,1-2H3,(H,19,20)/t10-,12+/m1/s1. The van der Waals surface area contributed by atoms with Crippen LogP contribution in [0.25, 0.3) is 0 Å². The maximum absolute atomic E-state index is 12.2. The number of methoxy groups -OCH3 is 1. The van der Waals surface area contributed by atoms with Crippen molar-refractivity contribution >= 4 is 34.2 Å². The van der Waals surface area contributed by atoms with Crippen molar-refractivity contribution in [1.82, 2.24) is 0 Å². The van der Waals surface area contributed by atoms with Crippen molar-refractivity contribution in [2.24, 2.45) is 11.8 Å². The lowest BCUT2D eigenvalue weighted by atomic mass is 10.1. The van der Waals surface area contributed by atoms with E-state index in [1.54, 1.807) is 0 Å². The molecule has 0 unspecified atom stereocenters. The number of rotatable bonds is 5. The van der Waals surface area contributed by atoms with E-state index in [1.807, 2.05) is 6.92 Å². The van der Waals surface area contributed by atoms with Crippen molar-refractivity contribution in [3.8, 4) is 0 Å². The van der Waals surface area contributed by atoms with Gasteiger partial charge in [-0.15, -0.1) is 11.3 Å². The summed E-state index contributed by atoms with van der Waals surface area (Å²) in [5, 5.41) is 3.23. The molecule has 1 fully saturated rings. The number of fused-ring (bicyclic) bond motifs is 1. The molecule has 136 valence electrons. The van der Waals surface area contributed by atoms with E-state index < -0.39 is 11.9 Å². The van der Waals surface area contributed by atoms with Gasteiger partial charge in [0.25, 0.3) is 5.91 Å². The molecule has 3 rings (SSSR count). The van der Waals surface area contributed by atoms with Crippen molar-refractivity contribution in [2.75, 3.05) is 19.0 Å². The molecular weight excluding hydrogens is 342 g/mol. The van der Waals surface area contributed by atoms with E-state index in [2.05, 4.69) is 5.32 Å². The van der Waals surface area contributed by atoms with Crippen LogP contribution in [0.4, 0.5) is 5.00 Å². The number of esters is 2. The predicted octanol–water partition coefficient (Wildman–Crippen LogP) is 2.94. The second-order valence-corrected chi connectivity index (χ2v) is 7.84. The Morgan fingerprint density at radius 1 is 1.20 bits per heavy atom. The molecule has 25 heavy (non-hydrogen) atoms. The zero-order chi connectivity index (χ0) is 18.0. The summed E-state index contributed by atoms with van der Waals surface area (Å²) >= 11 is 1.43. The second-order valence-electron chi connectivity index (χ2n) is 6.74. The average molecular weight is 365 g/mol. The van der Waals surface area contributed by atoms with Crippen molar-refractivity contribution in [1.29, 1.82) is 0 Å². The van der Waals surface area contributed by atoms with Gasteiger partial charge in [-0.3, -0.25) is 9.59 Å². The highest BCUT2D eigenvalue weighted by atomic mass is 32.1. The normalized spacial score (nSPS) is 21.7. The lowest BCUT2D eigenvalue weighted by Crippen LogP contribution is -2.22. The first-order valence-electron chi connectivity index (χ1n) is 8.70. The van der Waals surface area contributed by atoms with Crippen LogP contribution >= 0.6 is 11.3 Å². The van der Waals surface area contributed by atoms with Crippen LogP contribution in [0, 0.1) is 11.8 Å². The maximum Gasteiger partial charge on any atom is 0.341 e. The van der Waals surface area contributed by atoms with Gasteiger partial charge in [-0.05, 0) is 43.6 Å². The van der Waals surface area contributed by atoms with E-state index in [0.717, 1.165) is 49.0 Å². The van der Waals surface area contributed by atoms with Gasteiger partial charge in [-0.2, -0.15) is 0 Å². The van der Waals surface area contributed by atoms with Crippen LogP contribution in [0.3, 0.4) is 0 Å². The van der Waals surface area contributed by atoms with Gasteiger partial charge >= 0.3 is 11.9 Å². The summed E-state index contributed by atoms with van der Waals surface area (Å²) in [5.74, 6) is -0.912. The number of hydrogen-bond donors (Lipinski definition) is 1. The van der Waals surface area contributed by atoms with Gasteiger partial charge in [0.2, 0.25) is 0 Å². The molecule has 1 aromatic rings. The molecule has 2 aliphatic rings. The molecule has 0 aliphatic heterocycles. The zero-order valence-electron chi connectivity index (χ0n) is 14.6. The molecule has 0 spiro atoms. The number of anilines is 1. The van der Waals surface area contributed by atoms with Gasteiger partial charge in [-0.25, -0.2) is 4.79 Å². The number of carbonyl (C=O) groups excluding carboxylic acids is 3. The molecule has 1 saturated carbocycles. The molecule has 0 bridgehead atoms. The summed E-state index contributed by atoms with van der Waals surface area (Å²) in [6.45, 7) is 1.65. The molecule has 0 radical (unpaired) electrons. The number of aryl methyl sites for hydroxylation is 1. The molecule has 0 aromatic carbocycles. The van der Waals surface area contributed by atoms with Crippen molar-refractivity contribution in [2.45, 2.75) is 45.4 Å². The van der Waals surface area contributed by atoms with Crippen LogP contribution in [0.1, 0.15) is 53.4 Å². The molecule has 2 aliphatic carbocycles. The number of thiophene rings is 1. The molecular formula is C18H23NO5S. The van der Waals surface area contributed by atoms with E-state index >= 15 is 0 Å². The third-order valence-corrected chi connectivity index (χ3v) is 6.03. The van der Waals surface area contributed by atoms with Gasteiger partial charge in [0.1, 0.15) is 5.00 Å². The SMILES string of the molecule is COC(=O)c1c(NC(=O)COC(=O)[C@H]2C[C@H]2C)sc2c1CCCCC2. The average Bonchev–Trinajstić information content (AvgIpc) is 3.29. The summed E-state index contributed by atoms with van der Waals surface area (Å²) in [4.78, 5) is 37.2. The summed E-state index contributed by atoms with van der Waals surface area (Å²) in [7, 11) is 1.34. The van der Waals surface area contributed by atoms with Gasteiger partial charge in [0, 0.05) is 4.88 Å². The monoisotopic (exact) mass is 365 g/mol. The molecule has 1 amide bonds. The van der Waals surface area contributed by atoms with Crippen LogP contribution in [-0.2, 0) is 31.9 Å². The third kappa shape index (κ3) is 4.03. The van der Waals surface area contributed by atoms with E-state index in [4.69, 9.17) is 9.47 Å². The van der Waals surface area contributed by atoms with E-state index in [9.17, 15) is 14.4 Å². The van der Waals surface area contributed by atoms with Gasteiger partial charge in [0.15, 0.2) is 6.61 Å². The van der Waals surface area contributed by atoms with Crippen LogP contribution in [0.15, 0.2) is 0 Å². The fraction of sp³-hybridized carbons (Fsp3) is 0.611. The van der Waals surface area contributed by atoms with Crippen molar-refractivity contribution < 1.29 is 23.9 Å². The van der Waals surface area contributed by atoms with Crippen molar-refractivity contribution in [3.05, 3.63) is 16.0 Å². The second kappa shape index (κ2) is 7.56. The number of amides is 1. The van der Waals surface area contributed by atoms with E-state index in [0.29, 0.717) is 16.5 Å². The van der Waals surface area contributed by atoms with Crippen LogP contribution < -0.4 is 5.32 Å². The lowest BCUT2D eigenvalue weighted by molar-refractivity contribution is -0.148. The number of ether oxygens (including phenoxy) is 2. The number of hydrogen-bond acceptors (Lipinski definition) is 6. The smallest absolute Gasteiger partial charge is 0.341 e. The first-order valence-corrected chi connectivity index (χ1v) is 9.52. The molecule has 2 atom stereocenters. The molecule has 1 heterocycles. The maximum atomic E-state index is 12.2. The van der Waals surface area contributed by atoms with Crippen LogP contribution in [0.5, 0.6) is 0 Å². The Morgan fingerprint density at radius 2 is 1.92 bits per heavy atom. The third-order valence-electron chi connectivity index (χ3n) is 4.82. The lowest BCUT2D eigenvalue weighted by Gasteiger charge is -2.08. The number of carbonyl (C=O) groups is 3. The summed E-state index contributed by atoms with van der Waals surface area (Å²) in [5.41, 5.74) is 1.45. The minimum atomic E-state index is -0.432. The van der Waals surface area contributed by atoms with Gasteiger partial charge < -0.3 is 14.8 Å². The summed E-state index contributed by atoms with van der Waals surface area (Å²) in [6.07, 6.45) is 5.80. The van der Waals surface area contributed by atoms with E-state index in [1.165, 1.54) is 18.4 Å². The summed E-state index contributed by atoms with van der Waals surface area (Å²) < 4.78 is 9.96. The quantitative estimate of drug-likeness (QED) is 0.641. The Morgan fingerprint density at radius 3 is 2.60 bits per heavy atom. The molecule has 0 saturated heterocycles. The Kier molecular flexibility index (Phi) is 5.42. The Balaban J connectivity index is 1.69. The fourth-order valence-corrected chi connectivity index (χ4v) is 4.50. The van der Waals surface area contributed by atoms with E-state index in [-0.39, 0.29) is 18.5 Å². The first-order chi connectivity index (χ1) is 12.0. The highest BCUT2D eigenvalue weighted by molar-refractivity contribution is 7.17. The van der Waals surface area contributed by atoms with Crippen LogP contribution in [-0.4, -0.2) is 31.6 Å². The largest absolute Gasteiger partial charge is 0.465 e. The van der Waals surface area contributed by atoms with Crippen LogP contribution in [0.2, 0.25) is 0 Å². The van der Waals surface area contributed by atoms with Gasteiger partial charge in [-0.1, -0.05) is 13.3 Å². The molecule has 6 nitrogen and oxygen atoms in total. The topological polar surface area (TPSA) is 81.7 Å². The Labute approximate surface area is 150 Å². The fourth-order valence-electron chi connectivity index (χ4n) is 3.21. The minimum absolute atomic E-state index is 0.0729. The molecule has 7 heteroatoms. The molecule has 1 N–H and O–H groups in total. The zero-order valence-corrected chi connectivity index (χ0v) is 15.4.